The fourth-order valence-corrected chi connectivity index (χ4v) is 1.86. The molecule has 2 aromatic rings. The van der Waals surface area contributed by atoms with Gasteiger partial charge in [-0.15, -0.1) is 0 Å². The predicted octanol–water partition coefficient (Wildman–Crippen LogP) is 4.49. The van der Waals surface area contributed by atoms with Crippen molar-refractivity contribution in [3.63, 3.8) is 0 Å². The number of halogens is 2. The first-order chi connectivity index (χ1) is 8.20. The summed E-state index contributed by atoms with van der Waals surface area (Å²) in [7, 11) is 0. The van der Waals surface area contributed by atoms with Gasteiger partial charge in [-0.25, -0.2) is 0 Å². The Morgan fingerprint density at radius 1 is 1.12 bits per heavy atom. The van der Waals surface area contributed by atoms with Crippen LogP contribution in [0.25, 0.3) is 11.3 Å². The summed E-state index contributed by atoms with van der Waals surface area (Å²) in [5.74, 6) is 0. The van der Waals surface area contributed by atoms with E-state index in [0.717, 1.165) is 23.5 Å². The lowest BCUT2D eigenvalue weighted by molar-refractivity contribution is 1.20. The normalized spacial score (nSPS) is 10.3. The Balaban J connectivity index is 2.38. The molecular weight excluding hydrogens is 255 g/mol. The van der Waals surface area contributed by atoms with E-state index in [1.54, 1.807) is 12.3 Å². The Bertz CT molecular complexity index is 527. The highest BCUT2D eigenvalue weighted by Gasteiger charge is 2.03. The van der Waals surface area contributed by atoms with E-state index < -0.39 is 0 Å². The summed E-state index contributed by atoms with van der Waals surface area (Å²) in [4.78, 5) is 4.32. The molecule has 4 heteroatoms. The van der Waals surface area contributed by atoms with E-state index >= 15 is 0 Å². The predicted molar refractivity (Wildman–Crippen MR) is 73.9 cm³/mol. The van der Waals surface area contributed by atoms with E-state index in [1.165, 1.54) is 0 Å². The van der Waals surface area contributed by atoms with Gasteiger partial charge in [0.2, 0.25) is 0 Å². The number of aromatic nitrogens is 1. The van der Waals surface area contributed by atoms with Crippen LogP contribution in [0.4, 0.5) is 5.69 Å². The summed E-state index contributed by atoms with van der Waals surface area (Å²) in [6, 6.07) is 9.43. The van der Waals surface area contributed by atoms with E-state index in [4.69, 9.17) is 23.2 Å². The zero-order valence-electron chi connectivity index (χ0n) is 9.37. The van der Waals surface area contributed by atoms with E-state index in [0.29, 0.717) is 10.0 Å². The third-order valence-corrected chi connectivity index (χ3v) is 3.10. The Morgan fingerprint density at radius 3 is 2.65 bits per heavy atom. The van der Waals surface area contributed by atoms with Crippen LogP contribution in [-0.2, 0) is 0 Å². The zero-order valence-corrected chi connectivity index (χ0v) is 10.9. The molecule has 0 saturated heterocycles. The lowest BCUT2D eigenvalue weighted by Gasteiger charge is -2.06. The van der Waals surface area contributed by atoms with Gasteiger partial charge < -0.3 is 5.32 Å². The molecule has 1 aromatic carbocycles. The second-order valence-electron chi connectivity index (χ2n) is 3.59. The molecule has 1 N–H and O–H groups in total. The van der Waals surface area contributed by atoms with Gasteiger partial charge in [0.05, 0.1) is 15.7 Å². The fraction of sp³-hybridized carbons (Fsp3) is 0.154. The van der Waals surface area contributed by atoms with Crippen LogP contribution in [0.15, 0.2) is 36.5 Å². The lowest BCUT2D eigenvalue weighted by Crippen LogP contribution is -1.96. The number of hydrogen-bond acceptors (Lipinski definition) is 2. The quantitative estimate of drug-likeness (QED) is 0.886. The van der Waals surface area contributed by atoms with Gasteiger partial charge in [-0.3, -0.25) is 4.98 Å². The van der Waals surface area contributed by atoms with Gasteiger partial charge in [-0.05, 0) is 31.2 Å². The van der Waals surface area contributed by atoms with Crippen LogP contribution in [0.3, 0.4) is 0 Å². The van der Waals surface area contributed by atoms with Crippen LogP contribution < -0.4 is 5.32 Å². The summed E-state index contributed by atoms with van der Waals surface area (Å²) < 4.78 is 0. The van der Waals surface area contributed by atoms with E-state index in [9.17, 15) is 0 Å². The van der Waals surface area contributed by atoms with Gasteiger partial charge in [0.1, 0.15) is 0 Å². The number of hydrogen-bond donors (Lipinski definition) is 1. The Labute approximate surface area is 111 Å². The van der Waals surface area contributed by atoms with Crippen molar-refractivity contribution >= 4 is 28.9 Å². The molecule has 1 aromatic heterocycles. The molecule has 0 amide bonds. The molecule has 0 unspecified atom stereocenters. The molecule has 0 spiro atoms. The van der Waals surface area contributed by atoms with E-state index in [1.807, 2.05) is 24.3 Å². The fourth-order valence-electron chi connectivity index (χ4n) is 1.56. The minimum atomic E-state index is 0.542. The maximum absolute atomic E-state index is 5.99. The van der Waals surface area contributed by atoms with Gasteiger partial charge in [0.25, 0.3) is 0 Å². The zero-order chi connectivity index (χ0) is 12.3. The molecular formula is C13H12Cl2N2. The van der Waals surface area contributed by atoms with Crippen LogP contribution in [0, 0.1) is 0 Å². The molecule has 88 valence electrons. The summed E-state index contributed by atoms with van der Waals surface area (Å²) in [5.41, 5.74) is 2.88. The largest absolute Gasteiger partial charge is 0.385 e. The molecule has 0 radical (unpaired) electrons. The first-order valence-corrected chi connectivity index (χ1v) is 6.11. The van der Waals surface area contributed by atoms with Crippen molar-refractivity contribution in [1.29, 1.82) is 0 Å². The molecule has 0 saturated carbocycles. The Kier molecular flexibility index (Phi) is 3.87. The van der Waals surface area contributed by atoms with Crippen molar-refractivity contribution in [3.05, 3.63) is 46.6 Å². The smallest absolute Gasteiger partial charge is 0.0723 e. The van der Waals surface area contributed by atoms with Gasteiger partial charge >= 0.3 is 0 Å². The molecule has 0 atom stereocenters. The van der Waals surface area contributed by atoms with Crippen molar-refractivity contribution < 1.29 is 0 Å². The Morgan fingerprint density at radius 2 is 1.94 bits per heavy atom. The van der Waals surface area contributed by atoms with Gasteiger partial charge in [-0.1, -0.05) is 29.3 Å². The number of rotatable bonds is 3. The molecule has 0 aliphatic heterocycles. The van der Waals surface area contributed by atoms with Crippen molar-refractivity contribution in [2.24, 2.45) is 0 Å². The molecule has 1 heterocycles. The van der Waals surface area contributed by atoms with Crippen LogP contribution in [0.2, 0.25) is 10.0 Å². The minimum absolute atomic E-state index is 0.542. The van der Waals surface area contributed by atoms with Gasteiger partial charge in [-0.2, -0.15) is 0 Å². The molecule has 0 bridgehead atoms. The number of benzene rings is 1. The van der Waals surface area contributed by atoms with Crippen LogP contribution in [0.1, 0.15) is 6.92 Å². The van der Waals surface area contributed by atoms with Crippen LogP contribution in [0.5, 0.6) is 0 Å². The average molecular weight is 267 g/mol. The van der Waals surface area contributed by atoms with E-state index in [2.05, 4.69) is 17.2 Å². The van der Waals surface area contributed by atoms with Crippen LogP contribution >= 0.6 is 23.2 Å². The van der Waals surface area contributed by atoms with Gasteiger partial charge in [0, 0.05) is 24.0 Å². The van der Waals surface area contributed by atoms with Crippen LogP contribution in [-0.4, -0.2) is 11.5 Å². The number of nitrogens with zero attached hydrogens (tertiary/aromatic N) is 1. The van der Waals surface area contributed by atoms with Crippen molar-refractivity contribution in [1.82, 2.24) is 4.98 Å². The third-order valence-electron chi connectivity index (χ3n) is 2.36. The second-order valence-corrected chi connectivity index (χ2v) is 4.40. The lowest BCUT2D eigenvalue weighted by atomic mass is 10.1. The molecule has 0 aliphatic carbocycles. The molecule has 0 aliphatic rings. The highest BCUT2D eigenvalue weighted by Crippen LogP contribution is 2.28. The van der Waals surface area contributed by atoms with E-state index in [-0.39, 0.29) is 0 Å². The highest BCUT2D eigenvalue weighted by molar-refractivity contribution is 6.42. The SMILES string of the molecule is CCNc1ccnc(-c2ccc(Cl)c(Cl)c2)c1. The Hall–Kier alpha value is -1.25. The minimum Gasteiger partial charge on any atom is -0.385 e. The topological polar surface area (TPSA) is 24.9 Å². The maximum Gasteiger partial charge on any atom is 0.0723 e. The van der Waals surface area contributed by atoms with Crippen molar-refractivity contribution in [2.45, 2.75) is 6.92 Å². The second kappa shape index (κ2) is 5.39. The summed E-state index contributed by atoms with van der Waals surface area (Å²) >= 11 is 11.9. The maximum atomic E-state index is 5.99. The van der Waals surface area contributed by atoms with Gasteiger partial charge in [0.15, 0.2) is 0 Å². The first kappa shape index (κ1) is 12.2. The molecule has 17 heavy (non-hydrogen) atoms. The first-order valence-electron chi connectivity index (χ1n) is 5.36. The molecule has 2 rings (SSSR count). The summed E-state index contributed by atoms with van der Waals surface area (Å²) in [6.07, 6.45) is 1.77. The number of nitrogens with one attached hydrogen (secondary N) is 1. The standard InChI is InChI=1S/C13H12Cl2N2/c1-2-16-10-5-6-17-13(8-10)9-3-4-11(14)12(15)7-9/h3-8H,2H2,1H3,(H,16,17). The molecule has 0 fully saturated rings. The number of pyridine rings is 1. The van der Waals surface area contributed by atoms with Crippen molar-refractivity contribution in [2.75, 3.05) is 11.9 Å². The van der Waals surface area contributed by atoms with Crippen molar-refractivity contribution in [3.8, 4) is 11.3 Å². The third kappa shape index (κ3) is 2.90. The highest BCUT2D eigenvalue weighted by atomic mass is 35.5. The monoisotopic (exact) mass is 266 g/mol. The molecule has 2 nitrogen and oxygen atoms in total. The average Bonchev–Trinajstić information content (AvgIpc) is 2.33. The summed E-state index contributed by atoms with van der Waals surface area (Å²) in [5, 5.41) is 4.34. The number of anilines is 1. The summed E-state index contributed by atoms with van der Waals surface area (Å²) in [6.45, 7) is 2.93.